The highest BCUT2D eigenvalue weighted by Gasteiger charge is 2.33. The summed E-state index contributed by atoms with van der Waals surface area (Å²) in [7, 11) is 0. The fourth-order valence-electron chi connectivity index (χ4n) is 10.3. The van der Waals surface area contributed by atoms with E-state index in [1.165, 1.54) is 0 Å². The van der Waals surface area contributed by atoms with E-state index in [0.29, 0.717) is 30.8 Å². The predicted molar refractivity (Wildman–Crippen MR) is 352 cm³/mol. The van der Waals surface area contributed by atoms with Crippen LogP contribution in [0.25, 0.3) is 0 Å². The number of alkyl carbamates (subject to hydrolysis) is 3. The third kappa shape index (κ3) is 25.8. The van der Waals surface area contributed by atoms with E-state index in [4.69, 9.17) is 29.4 Å². The van der Waals surface area contributed by atoms with Gasteiger partial charge >= 0.3 is 24.2 Å². The molecule has 0 spiro atoms. The van der Waals surface area contributed by atoms with Crippen molar-refractivity contribution in [3.63, 3.8) is 0 Å². The summed E-state index contributed by atoms with van der Waals surface area (Å²) in [6, 6.07) is 56.4. The number of primary amides is 1. The van der Waals surface area contributed by atoms with Gasteiger partial charge in [0, 0.05) is 37.8 Å². The van der Waals surface area contributed by atoms with Gasteiger partial charge in [0.1, 0.15) is 51.0 Å². The van der Waals surface area contributed by atoms with E-state index in [0.717, 1.165) is 44.5 Å². The molecule has 6 N–H and O–H groups in total. The zero-order chi connectivity index (χ0) is 66.0. The van der Waals surface area contributed by atoms with Crippen molar-refractivity contribution >= 4 is 53.5 Å². The highest BCUT2D eigenvalue weighted by Crippen LogP contribution is 2.28. The Kier molecular flexibility index (Phi) is 28.8. The number of nitrogens with two attached hydrogens (primary N) is 1. The minimum Gasteiger partial charge on any atom is -0.489 e. The van der Waals surface area contributed by atoms with Crippen LogP contribution in [-0.4, -0.2) is 78.6 Å². The monoisotopic (exact) mass is 1260 g/mol. The second-order valence-electron chi connectivity index (χ2n) is 22.6. The standard InChI is InChI=1S/C74H82N6O13/c1-52-40-62(89-47-55-26-11-4-12-27-55)41-53(2)63(52)43-61(71(85)78-64(66(81)44-60(70(75)84)42-54-24-9-3-10-25-54)36-21-22-38-77-72(86)91-49-57-30-15-6-16-31-57)45-67(82)65(79-73(87)92-50-58-32-17-7-18-33-58)37-23-39-76-68(46-69(83)90-48-56-28-13-5-14-29-56)80-74(88)93-51-59-34-19-8-20-35-59/h3-20,24-35,40-41,60-61,64-65H,21-23,36-39,42-51H2,1-2H3,(H2,75,84)(H,77,86)(H,78,85)(H,79,87)(H,76,80,88)/t60?,61-,64+,65?/m1/s1. The summed E-state index contributed by atoms with van der Waals surface area (Å²) >= 11 is 0. The molecule has 4 atom stereocenters. The molecule has 7 rings (SSSR count). The number of nitrogens with zero attached hydrogens (tertiary/aromatic N) is 1. The van der Waals surface area contributed by atoms with Crippen LogP contribution in [-0.2, 0) is 88.8 Å². The Labute approximate surface area is 543 Å². The first-order chi connectivity index (χ1) is 45.1. The number of carbonyl (C=O) groups excluding carboxylic acids is 8. The van der Waals surface area contributed by atoms with Crippen LogP contribution in [0.2, 0.25) is 0 Å². The van der Waals surface area contributed by atoms with Gasteiger partial charge in [-0.3, -0.25) is 34.3 Å². The molecule has 7 aromatic carbocycles. The molecule has 7 aromatic rings. The van der Waals surface area contributed by atoms with E-state index in [1.54, 1.807) is 60.7 Å². The third-order valence-corrected chi connectivity index (χ3v) is 15.3. The molecule has 93 heavy (non-hydrogen) atoms. The molecule has 0 bridgehead atoms. The molecule has 0 fully saturated rings. The van der Waals surface area contributed by atoms with Gasteiger partial charge < -0.3 is 45.4 Å². The molecular formula is C74H82N6O13. The number of ketones is 2. The second-order valence-corrected chi connectivity index (χ2v) is 22.6. The summed E-state index contributed by atoms with van der Waals surface area (Å²) in [5, 5.41) is 11.0. The number of nitrogens with one attached hydrogen (secondary N) is 4. The van der Waals surface area contributed by atoms with Crippen molar-refractivity contribution in [1.29, 1.82) is 0 Å². The van der Waals surface area contributed by atoms with E-state index < -0.39 is 84.4 Å². The molecule has 0 aromatic heterocycles. The SMILES string of the molecule is Cc1cc(OCc2ccccc2)cc(C)c1C[C@H](CC(=O)C(CCCN=C(CC(=O)OCc1ccccc1)NC(=O)OCc1ccccc1)NC(=O)OCc1ccccc1)C(=O)N[C@@H](CCCCNC(=O)OCc1ccccc1)C(=O)CC(Cc1ccccc1)C(N)=O. The average molecular weight is 1260 g/mol. The van der Waals surface area contributed by atoms with E-state index in [-0.39, 0.29) is 83.9 Å². The van der Waals surface area contributed by atoms with Crippen molar-refractivity contribution in [2.24, 2.45) is 22.6 Å². The number of aryl methyl sites for hydroxylation is 2. The number of hydrogen-bond donors (Lipinski definition) is 5. The van der Waals surface area contributed by atoms with Crippen LogP contribution in [0.4, 0.5) is 14.4 Å². The molecule has 19 nitrogen and oxygen atoms in total. The fraction of sp³-hybridized carbons (Fsp3) is 0.311. The molecule has 19 heteroatoms. The number of ether oxygens (including phenoxy) is 5. The first-order valence-electron chi connectivity index (χ1n) is 31.2. The van der Waals surface area contributed by atoms with Gasteiger partial charge in [-0.15, -0.1) is 0 Å². The lowest BCUT2D eigenvalue weighted by Crippen LogP contribution is -2.47. The molecule has 486 valence electrons. The van der Waals surface area contributed by atoms with Crippen molar-refractivity contribution in [2.45, 2.75) is 123 Å². The molecular weight excluding hydrogens is 1180 g/mol. The molecule has 0 aliphatic heterocycles. The molecule has 5 amide bonds. The summed E-state index contributed by atoms with van der Waals surface area (Å²) in [4.78, 5) is 115. The first-order valence-corrected chi connectivity index (χ1v) is 31.2. The van der Waals surface area contributed by atoms with Crippen LogP contribution < -0.4 is 31.7 Å². The van der Waals surface area contributed by atoms with Crippen LogP contribution in [0.5, 0.6) is 5.75 Å². The predicted octanol–water partition coefficient (Wildman–Crippen LogP) is 11.4. The van der Waals surface area contributed by atoms with Gasteiger partial charge in [0.15, 0.2) is 11.6 Å². The lowest BCUT2D eigenvalue weighted by molar-refractivity contribution is -0.143. The number of unbranched alkanes of at least 4 members (excludes halogenated alkanes) is 1. The van der Waals surface area contributed by atoms with Gasteiger partial charge in [0.05, 0.1) is 12.1 Å². The van der Waals surface area contributed by atoms with Gasteiger partial charge in [-0.25, -0.2) is 14.4 Å². The zero-order valence-corrected chi connectivity index (χ0v) is 52.6. The van der Waals surface area contributed by atoms with Crippen molar-refractivity contribution in [3.8, 4) is 5.75 Å². The maximum Gasteiger partial charge on any atom is 0.412 e. The van der Waals surface area contributed by atoms with Gasteiger partial charge in [-0.05, 0) is 121 Å². The Bertz CT molecular complexity index is 3460. The Morgan fingerprint density at radius 1 is 0.462 bits per heavy atom. The van der Waals surface area contributed by atoms with Crippen molar-refractivity contribution in [1.82, 2.24) is 21.3 Å². The van der Waals surface area contributed by atoms with Gasteiger partial charge in [0.2, 0.25) is 11.8 Å². The summed E-state index contributed by atoms with van der Waals surface area (Å²) in [6.07, 6.45) is -2.52. The average Bonchev–Trinajstić information content (AvgIpc) is 0.946. The number of rotatable bonds is 36. The van der Waals surface area contributed by atoms with Gasteiger partial charge in [0.25, 0.3) is 0 Å². The molecule has 0 aliphatic carbocycles. The minimum absolute atomic E-state index is 0.00723. The largest absolute Gasteiger partial charge is 0.489 e. The molecule has 2 unspecified atom stereocenters. The number of aliphatic imine (C=N–C) groups is 1. The second kappa shape index (κ2) is 38.3. The zero-order valence-electron chi connectivity index (χ0n) is 52.6. The van der Waals surface area contributed by atoms with Crippen molar-refractivity contribution in [3.05, 3.63) is 244 Å². The van der Waals surface area contributed by atoms with Gasteiger partial charge in [-0.2, -0.15) is 0 Å². The Morgan fingerprint density at radius 2 is 0.892 bits per heavy atom. The summed E-state index contributed by atoms with van der Waals surface area (Å²) in [6.45, 7) is 4.06. The lowest BCUT2D eigenvalue weighted by atomic mass is 9.86. The Hall–Kier alpha value is -10.4. The lowest BCUT2D eigenvalue weighted by Gasteiger charge is -2.26. The number of Topliss-reactive ketones (excluding diaryl/α,β-unsaturated/α-hetero) is 2. The minimum atomic E-state index is -1.27. The maximum absolute atomic E-state index is 15.3. The number of carbonyl (C=O) groups is 8. The van der Waals surface area contributed by atoms with E-state index in [2.05, 4.69) is 26.3 Å². The van der Waals surface area contributed by atoms with Crippen molar-refractivity contribution in [2.75, 3.05) is 13.1 Å². The highest BCUT2D eigenvalue weighted by molar-refractivity contribution is 6.04. The molecule has 0 saturated carbocycles. The van der Waals surface area contributed by atoms with Crippen LogP contribution in [0.1, 0.15) is 101 Å². The summed E-state index contributed by atoms with van der Waals surface area (Å²) < 4.78 is 28.2. The Balaban J connectivity index is 1.14. The number of benzene rings is 7. The van der Waals surface area contributed by atoms with Crippen LogP contribution in [0, 0.1) is 25.7 Å². The van der Waals surface area contributed by atoms with E-state index >= 15 is 9.59 Å². The summed E-state index contributed by atoms with van der Waals surface area (Å²) in [5.74, 6) is -4.57. The quantitative estimate of drug-likeness (QED) is 0.00805. The molecule has 0 aliphatic rings. The van der Waals surface area contributed by atoms with E-state index in [9.17, 15) is 28.8 Å². The molecule has 0 saturated heterocycles. The van der Waals surface area contributed by atoms with Crippen LogP contribution in [0.15, 0.2) is 199 Å². The normalized spacial score (nSPS) is 12.3. The van der Waals surface area contributed by atoms with Gasteiger partial charge in [-0.1, -0.05) is 182 Å². The Morgan fingerprint density at radius 3 is 1.40 bits per heavy atom. The van der Waals surface area contributed by atoms with Crippen LogP contribution >= 0.6 is 0 Å². The third-order valence-electron chi connectivity index (χ3n) is 15.3. The van der Waals surface area contributed by atoms with E-state index in [1.807, 2.05) is 147 Å². The number of amides is 5. The topological polar surface area (TPSA) is 269 Å². The molecule has 0 radical (unpaired) electrons. The molecule has 0 heterocycles. The highest BCUT2D eigenvalue weighted by atomic mass is 16.6. The van der Waals surface area contributed by atoms with Crippen LogP contribution in [0.3, 0.4) is 0 Å². The first kappa shape index (κ1) is 70.0. The number of amidine groups is 1. The van der Waals surface area contributed by atoms with Crippen molar-refractivity contribution < 1.29 is 62.0 Å². The summed E-state index contributed by atoms with van der Waals surface area (Å²) in [5.41, 5.74) is 13.0. The maximum atomic E-state index is 15.3. The number of esters is 1. The fourth-order valence-corrected chi connectivity index (χ4v) is 10.3. The smallest absolute Gasteiger partial charge is 0.412 e. The number of hydrogen-bond acceptors (Lipinski definition) is 14.